The summed E-state index contributed by atoms with van der Waals surface area (Å²) in [5, 5.41) is 4.48. The number of piperidine rings is 1. The molecular weight excluding hydrogens is 290 g/mol. The van der Waals surface area contributed by atoms with E-state index >= 15 is 0 Å². The Balaban J connectivity index is 1.59. The van der Waals surface area contributed by atoms with Crippen LogP contribution in [0.4, 0.5) is 0 Å². The zero-order chi connectivity index (χ0) is 16.2. The van der Waals surface area contributed by atoms with E-state index < -0.39 is 0 Å². The van der Waals surface area contributed by atoms with Crippen molar-refractivity contribution in [3.8, 4) is 0 Å². The molecule has 0 saturated carbocycles. The Morgan fingerprint density at radius 2 is 2.22 bits per heavy atom. The van der Waals surface area contributed by atoms with E-state index in [1.54, 1.807) is 6.20 Å². The summed E-state index contributed by atoms with van der Waals surface area (Å²) in [4.78, 5) is 23.1. The first-order valence-electron chi connectivity index (χ1n) is 8.21. The summed E-state index contributed by atoms with van der Waals surface area (Å²) in [6.07, 6.45) is 5.04. The molecule has 0 radical (unpaired) electrons. The molecule has 0 aliphatic carbocycles. The molecular formula is C17H23N5O. The van der Waals surface area contributed by atoms with E-state index in [0.717, 1.165) is 43.3 Å². The monoisotopic (exact) mass is 313 g/mol. The summed E-state index contributed by atoms with van der Waals surface area (Å²) in [6.45, 7) is 5.44. The molecule has 6 heteroatoms. The first-order valence-corrected chi connectivity index (χ1v) is 8.21. The van der Waals surface area contributed by atoms with Gasteiger partial charge in [0.1, 0.15) is 11.6 Å². The molecule has 3 rings (SSSR count). The number of carbonyl (C=O) groups is 1. The van der Waals surface area contributed by atoms with Crippen LogP contribution in [0.1, 0.15) is 42.6 Å². The van der Waals surface area contributed by atoms with E-state index in [1.807, 2.05) is 41.6 Å². The van der Waals surface area contributed by atoms with Gasteiger partial charge in [0.2, 0.25) is 5.91 Å². The lowest BCUT2D eigenvalue weighted by atomic mass is 10.0. The molecule has 23 heavy (non-hydrogen) atoms. The molecule has 1 atom stereocenters. The molecule has 0 unspecified atom stereocenters. The molecule has 1 amide bonds. The summed E-state index contributed by atoms with van der Waals surface area (Å²) in [5.74, 6) is 1.92. The Bertz CT molecular complexity index is 667. The van der Waals surface area contributed by atoms with Crippen molar-refractivity contribution in [2.24, 2.45) is 0 Å². The van der Waals surface area contributed by atoms with Crippen LogP contribution >= 0.6 is 0 Å². The predicted molar refractivity (Wildman–Crippen MR) is 86.9 cm³/mol. The van der Waals surface area contributed by atoms with Crippen molar-refractivity contribution >= 4 is 5.91 Å². The number of hydrogen-bond acceptors (Lipinski definition) is 4. The van der Waals surface area contributed by atoms with E-state index in [9.17, 15) is 4.79 Å². The largest absolute Gasteiger partial charge is 0.341 e. The lowest BCUT2D eigenvalue weighted by Gasteiger charge is -2.33. The van der Waals surface area contributed by atoms with Crippen LogP contribution in [0, 0.1) is 13.8 Å². The molecule has 1 aliphatic heterocycles. The highest BCUT2D eigenvalue weighted by Crippen LogP contribution is 2.22. The molecule has 2 aromatic heterocycles. The van der Waals surface area contributed by atoms with Gasteiger partial charge in [-0.1, -0.05) is 6.07 Å². The Morgan fingerprint density at radius 3 is 2.91 bits per heavy atom. The van der Waals surface area contributed by atoms with Gasteiger partial charge in [-0.25, -0.2) is 9.67 Å². The number of aryl methyl sites for hydroxylation is 3. The third-order valence-electron chi connectivity index (χ3n) is 4.32. The van der Waals surface area contributed by atoms with Gasteiger partial charge in [0.25, 0.3) is 0 Å². The Labute approximate surface area is 136 Å². The maximum atomic E-state index is 12.5. The van der Waals surface area contributed by atoms with E-state index in [-0.39, 0.29) is 11.9 Å². The fourth-order valence-corrected chi connectivity index (χ4v) is 3.20. The second-order valence-electron chi connectivity index (χ2n) is 6.11. The van der Waals surface area contributed by atoms with Crippen molar-refractivity contribution in [1.29, 1.82) is 0 Å². The fourth-order valence-electron chi connectivity index (χ4n) is 3.20. The van der Waals surface area contributed by atoms with Gasteiger partial charge in [-0.15, -0.1) is 0 Å². The second kappa shape index (κ2) is 6.89. The van der Waals surface area contributed by atoms with Crippen LogP contribution in [-0.4, -0.2) is 43.6 Å². The van der Waals surface area contributed by atoms with Gasteiger partial charge in [-0.2, -0.15) is 5.10 Å². The summed E-state index contributed by atoms with van der Waals surface area (Å²) >= 11 is 0. The first-order chi connectivity index (χ1) is 11.1. The highest BCUT2D eigenvalue weighted by molar-refractivity contribution is 5.76. The third-order valence-corrected chi connectivity index (χ3v) is 4.32. The van der Waals surface area contributed by atoms with Crippen molar-refractivity contribution in [3.63, 3.8) is 0 Å². The quantitative estimate of drug-likeness (QED) is 0.867. The molecule has 3 heterocycles. The van der Waals surface area contributed by atoms with Crippen LogP contribution in [0.5, 0.6) is 0 Å². The van der Waals surface area contributed by atoms with Crippen LogP contribution in [0.2, 0.25) is 0 Å². The molecule has 6 nitrogen and oxygen atoms in total. The minimum atomic E-state index is 0.204. The van der Waals surface area contributed by atoms with Gasteiger partial charge in [0, 0.05) is 31.4 Å². The molecule has 0 spiro atoms. The second-order valence-corrected chi connectivity index (χ2v) is 6.11. The van der Waals surface area contributed by atoms with Crippen LogP contribution in [-0.2, 0) is 11.2 Å². The van der Waals surface area contributed by atoms with Crippen molar-refractivity contribution in [2.75, 3.05) is 13.1 Å². The molecule has 0 bridgehead atoms. The van der Waals surface area contributed by atoms with Crippen molar-refractivity contribution in [2.45, 2.75) is 45.6 Å². The SMILES string of the molecule is Cc1nc(C)n([C@H]2CCCN(C(=O)CCc3ccccn3)C2)n1. The van der Waals surface area contributed by atoms with Crippen LogP contribution in [0.15, 0.2) is 24.4 Å². The van der Waals surface area contributed by atoms with Crippen molar-refractivity contribution in [1.82, 2.24) is 24.6 Å². The Hall–Kier alpha value is -2.24. The summed E-state index contributed by atoms with van der Waals surface area (Å²) in [7, 11) is 0. The first kappa shape index (κ1) is 15.6. The minimum absolute atomic E-state index is 0.204. The summed E-state index contributed by atoms with van der Waals surface area (Å²) in [5.41, 5.74) is 0.970. The molecule has 0 aromatic carbocycles. The van der Waals surface area contributed by atoms with E-state index in [1.165, 1.54) is 0 Å². The van der Waals surface area contributed by atoms with Crippen molar-refractivity contribution < 1.29 is 4.79 Å². The third kappa shape index (κ3) is 3.75. The smallest absolute Gasteiger partial charge is 0.223 e. The molecule has 2 aromatic rings. The van der Waals surface area contributed by atoms with Gasteiger partial charge in [0.05, 0.1) is 6.04 Å². The van der Waals surface area contributed by atoms with Gasteiger partial charge in [-0.3, -0.25) is 9.78 Å². The Morgan fingerprint density at radius 1 is 1.35 bits per heavy atom. The van der Waals surface area contributed by atoms with Crippen LogP contribution in [0.25, 0.3) is 0 Å². The minimum Gasteiger partial charge on any atom is -0.341 e. The Kier molecular flexibility index (Phi) is 4.69. The zero-order valence-corrected chi connectivity index (χ0v) is 13.8. The number of carbonyl (C=O) groups excluding carboxylic acids is 1. The summed E-state index contributed by atoms with van der Waals surface area (Å²) < 4.78 is 1.98. The lowest BCUT2D eigenvalue weighted by molar-refractivity contribution is -0.132. The maximum absolute atomic E-state index is 12.5. The van der Waals surface area contributed by atoms with Gasteiger partial charge in [0.15, 0.2) is 0 Å². The average Bonchev–Trinajstić information content (AvgIpc) is 2.92. The number of hydrogen-bond donors (Lipinski definition) is 0. The molecule has 1 aliphatic rings. The van der Waals surface area contributed by atoms with Crippen LogP contribution in [0.3, 0.4) is 0 Å². The number of nitrogens with zero attached hydrogens (tertiary/aromatic N) is 5. The lowest BCUT2D eigenvalue weighted by Crippen LogP contribution is -2.41. The predicted octanol–water partition coefficient (Wildman–Crippen LogP) is 2.09. The van der Waals surface area contributed by atoms with Gasteiger partial charge >= 0.3 is 0 Å². The topological polar surface area (TPSA) is 63.9 Å². The molecule has 1 saturated heterocycles. The standard InChI is InChI=1S/C17H23N5O/c1-13-19-14(2)22(20-13)16-7-5-11-21(12-16)17(23)9-8-15-6-3-4-10-18-15/h3-4,6,10,16H,5,7-9,11-12H2,1-2H3/t16-/m0/s1. The van der Waals surface area contributed by atoms with Crippen molar-refractivity contribution in [3.05, 3.63) is 41.7 Å². The summed E-state index contributed by atoms with van der Waals surface area (Å²) in [6, 6.07) is 6.06. The zero-order valence-electron chi connectivity index (χ0n) is 13.8. The van der Waals surface area contributed by atoms with E-state index in [4.69, 9.17) is 0 Å². The number of amides is 1. The molecule has 1 fully saturated rings. The number of rotatable bonds is 4. The van der Waals surface area contributed by atoms with E-state index in [0.29, 0.717) is 12.8 Å². The van der Waals surface area contributed by atoms with Crippen LogP contribution < -0.4 is 0 Å². The normalized spacial score (nSPS) is 18.2. The molecule has 122 valence electrons. The number of pyridine rings is 1. The number of likely N-dealkylation sites (tertiary alicyclic amines) is 1. The highest BCUT2D eigenvalue weighted by atomic mass is 16.2. The maximum Gasteiger partial charge on any atom is 0.223 e. The average molecular weight is 313 g/mol. The van der Waals surface area contributed by atoms with Gasteiger partial charge in [-0.05, 0) is 45.2 Å². The number of aromatic nitrogens is 4. The molecule has 0 N–H and O–H groups in total. The highest BCUT2D eigenvalue weighted by Gasteiger charge is 2.26. The van der Waals surface area contributed by atoms with E-state index in [2.05, 4.69) is 15.1 Å². The van der Waals surface area contributed by atoms with Gasteiger partial charge < -0.3 is 4.90 Å². The fraction of sp³-hybridized carbons (Fsp3) is 0.529.